The molecule has 0 saturated heterocycles. The molecule has 0 unspecified atom stereocenters. The van der Waals surface area contributed by atoms with Crippen molar-refractivity contribution in [1.29, 1.82) is 0 Å². The van der Waals surface area contributed by atoms with E-state index in [0.29, 0.717) is 17.5 Å². The lowest BCUT2D eigenvalue weighted by Gasteiger charge is -2.24. The van der Waals surface area contributed by atoms with Gasteiger partial charge in [-0.15, -0.1) is 0 Å². The molecule has 0 fully saturated rings. The number of hydrogen-bond donors (Lipinski definition) is 0. The summed E-state index contributed by atoms with van der Waals surface area (Å²) in [5.41, 5.74) is 17.8. The molecule has 250 valence electrons. The Hall–Kier alpha value is -5.68. The standard InChI is InChI=1S/C46H41BFN3/c1-28-8-10-37(11-9-28)44-49-45(51-46(50-44)39-18-22-41(48)23-19-39)38-14-12-35(13-15-38)36-16-20-40(21-17-36)47(42-31(4)24-29(2)25-32(42)5)43-33(6)26-30(3)27-34(43)7/h8-27H,1-7H3. The third-order valence-electron chi connectivity index (χ3n) is 9.82. The number of rotatable bonds is 7. The van der Waals surface area contributed by atoms with Crippen LogP contribution in [0.3, 0.4) is 0 Å². The van der Waals surface area contributed by atoms with Gasteiger partial charge < -0.3 is 0 Å². The van der Waals surface area contributed by atoms with Gasteiger partial charge in [0.15, 0.2) is 17.5 Å². The van der Waals surface area contributed by atoms with Gasteiger partial charge in [0.1, 0.15) is 5.82 Å². The van der Waals surface area contributed by atoms with E-state index in [1.54, 1.807) is 12.1 Å². The van der Waals surface area contributed by atoms with Crippen LogP contribution >= 0.6 is 0 Å². The molecule has 0 radical (unpaired) electrons. The minimum atomic E-state index is -0.299. The summed E-state index contributed by atoms with van der Waals surface area (Å²) in [6.45, 7) is 15.5. The molecule has 0 saturated carbocycles. The highest BCUT2D eigenvalue weighted by Gasteiger charge is 2.28. The van der Waals surface area contributed by atoms with Gasteiger partial charge in [0.05, 0.1) is 0 Å². The summed E-state index contributed by atoms with van der Waals surface area (Å²) in [7, 11) is 0. The molecule has 0 aliphatic rings. The summed E-state index contributed by atoms with van der Waals surface area (Å²) in [4.78, 5) is 14.5. The van der Waals surface area contributed by atoms with E-state index in [-0.39, 0.29) is 12.5 Å². The summed E-state index contributed by atoms with van der Waals surface area (Å²) in [6.07, 6.45) is 0. The number of aromatic nitrogens is 3. The molecular formula is C46H41BFN3. The van der Waals surface area contributed by atoms with Crippen molar-refractivity contribution in [2.24, 2.45) is 0 Å². The summed E-state index contributed by atoms with van der Waals surface area (Å²) < 4.78 is 13.8. The number of benzene rings is 6. The molecule has 0 bridgehead atoms. The summed E-state index contributed by atoms with van der Waals surface area (Å²) in [5.74, 6) is 1.35. The zero-order valence-electron chi connectivity index (χ0n) is 30.3. The minimum absolute atomic E-state index is 0.129. The predicted octanol–water partition coefficient (Wildman–Crippen LogP) is 9.35. The van der Waals surface area contributed by atoms with Crippen LogP contribution in [0.4, 0.5) is 4.39 Å². The largest absolute Gasteiger partial charge is 0.242 e. The van der Waals surface area contributed by atoms with Gasteiger partial charge in [-0.2, -0.15) is 0 Å². The van der Waals surface area contributed by atoms with Crippen molar-refractivity contribution in [3.05, 3.63) is 166 Å². The second-order valence-electron chi connectivity index (χ2n) is 13.9. The fraction of sp³-hybridized carbons (Fsp3) is 0.152. The van der Waals surface area contributed by atoms with Crippen molar-refractivity contribution < 1.29 is 4.39 Å². The minimum Gasteiger partial charge on any atom is -0.208 e. The van der Waals surface area contributed by atoms with E-state index in [1.165, 1.54) is 61.9 Å². The van der Waals surface area contributed by atoms with E-state index in [9.17, 15) is 4.39 Å². The van der Waals surface area contributed by atoms with Gasteiger partial charge in [0.2, 0.25) is 6.71 Å². The van der Waals surface area contributed by atoms with E-state index in [2.05, 4.69) is 121 Å². The van der Waals surface area contributed by atoms with Gasteiger partial charge in [0, 0.05) is 16.7 Å². The normalized spacial score (nSPS) is 11.1. The van der Waals surface area contributed by atoms with E-state index < -0.39 is 0 Å². The van der Waals surface area contributed by atoms with Crippen LogP contribution in [0.1, 0.15) is 38.9 Å². The fourth-order valence-corrected chi connectivity index (χ4v) is 7.52. The van der Waals surface area contributed by atoms with Crippen molar-refractivity contribution in [2.45, 2.75) is 48.5 Å². The molecule has 0 N–H and O–H groups in total. The third kappa shape index (κ3) is 7.02. The van der Waals surface area contributed by atoms with E-state index in [4.69, 9.17) is 15.0 Å². The smallest absolute Gasteiger partial charge is 0.208 e. The number of aryl methyl sites for hydroxylation is 7. The van der Waals surface area contributed by atoms with Crippen LogP contribution in [0.2, 0.25) is 0 Å². The van der Waals surface area contributed by atoms with Crippen molar-refractivity contribution in [3.8, 4) is 45.3 Å². The Balaban J connectivity index is 1.25. The van der Waals surface area contributed by atoms with Gasteiger partial charge in [-0.25, -0.2) is 19.3 Å². The zero-order valence-corrected chi connectivity index (χ0v) is 30.3. The molecular weight excluding hydrogens is 624 g/mol. The van der Waals surface area contributed by atoms with Gasteiger partial charge >= 0.3 is 0 Å². The maximum Gasteiger partial charge on any atom is 0.242 e. The first kappa shape index (κ1) is 33.8. The molecule has 6 aromatic carbocycles. The van der Waals surface area contributed by atoms with E-state index in [0.717, 1.165) is 33.4 Å². The highest BCUT2D eigenvalue weighted by atomic mass is 19.1. The Labute approximate surface area is 301 Å². The van der Waals surface area contributed by atoms with Crippen LogP contribution < -0.4 is 16.4 Å². The van der Waals surface area contributed by atoms with Crippen LogP contribution in [0, 0.1) is 54.3 Å². The molecule has 0 aliphatic carbocycles. The lowest BCUT2D eigenvalue weighted by molar-refractivity contribution is 0.628. The molecule has 0 atom stereocenters. The molecule has 0 amide bonds. The van der Waals surface area contributed by atoms with Crippen LogP contribution in [-0.2, 0) is 0 Å². The Morgan fingerprint density at radius 1 is 0.373 bits per heavy atom. The molecule has 51 heavy (non-hydrogen) atoms. The molecule has 7 aromatic rings. The summed E-state index contributed by atoms with van der Waals surface area (Å²) in [6, 6.07) is 41.0. The molecule has 1 aromatic heterocycles. The quantitative estimate of drug-likeness (QED) is 0.159. The van der Waals surface area contributed by atoms with Crippen LogP contribution in [-0.4, -0.2) is 21.7 Å². The summed E-state index contributed by atoms with van der Waals surface area (Å²) >= 11 is 0. The lowest BCUT2D eigenvalue weighted by Crippen LogP contribution is -2.55. The summed E-state index contributed by atoms with van der Waals surface area (Å²) in [5, 5.41) is 0. The second-order valence-corrected chi connectivity index (χ2v) is 13.9. The Bertz CT molecular complexity index is 2200. The maximum atomic E-state index is 13.8. The molecule has 5 heteroatoms. The SMILES string of the molecule is Cc1ccc(-c2nc(-c3ccc(F)cc3)nc(-c3ccc(-c4ccc(B(c5c(C)cc(C)cc5C)c5c(C)cc(C)cc5C)cc4)cc3)n2)cc1. The van der Waals surface area contributed by atoms with Crippen molar-refractivity contribution >= 4 is 23.1 Å². The average molecular weight is 666 g/mol. The zero-order chi connectivity index (χ0) is 35.8. The van der Waals surface area contributed by atoms with Gasteiger partial charge in [0.25, 0.3) is 0 Å². The van der Waals surface area contributed by atoms with Crippen molar-refractivity contribution in [1.82, 2.24) is 15.0 Å². The lowest BCUT2D eigenvalue weighted by atomic mass is 9.34. The highest BCUT2D eigenvalue weighted by molar-refractivity contribution is 6.96. The average Bonchev–Trinajstić information content (AvgIpc) is 3.11. The molecule has 1 heterocycles. The number of nitrogens with zero attached hydrogens (tertiary/aromatic N) is 3. The van der Waals surface area contributed by atoms with Crippen molar-refractivity contribution in [2.75, 3.05) is 0 Å². The van der Waals surface area contributed by atoms with Crippen LogP contribution in [0.25, 0.3) is 45.3 Å². The van der Waals surface area contributed by atoms with Gasteiger partial charge in [-0.05, 0) is 83.9 Å². The van der Waals surface area contributed by atoms with Gasteiger partial charge in [-0.1, -0.05) is 152 Å². The number of hydrogen-bond acceptors (Lipinski definition) is 3. The van der Waals surface area contributed by atoms with Crippen LogP contribution in [0.5, 0.6) is 0 Å². The van der Waals surface area contributed by atoms with Crippen molar-refractivity contribution in [3.63, 3.8) is 0 Å². The first-order chi connectivity index (χ1) is 24.5. The van der Waals surface area contributed by atoms with E-state index >= 15 is 0 Å². The Morgan fingerprint density at radius 3 is 1.08 bits per heavy atom. The number of halogens is 1. The van der Waals surface area contributed by atoms with Crippen LogP contribution in [0.15, 0.2) is 121 Å². The monoisotopic (exact) mass is 665 g/mol. The Kier molecular flexibility index (Phi) is 9.22. The maximum absolute atomic E-state index is 13.8. The molecule has 0 spiro atoms. The van der Waals surface area contributed by atoms with E-state index in [1.807, 2.05) is 24.3 Å². The van der Waals surface area contributed by atoms with Gasteiger partial charge in [-0.3, -0.25) is 0 Å². The fourth-order valence-electron chi connectivity index (χ4n) is 7.52. The molecule has 3 nitrogen and oxygen atoms in total. The third-order valence-corrected chi connectivity index (χ3v) is 9.82. The first-order valence-electron chi connectivity index (χ1n) is 17.5. The highest BCUT2D eigenvalue weighted by Crippen LogP contribution is 2.27. The Morgan fingerprint density at radius 2 is 0.686 bits per heavy atom. The second kappa shape index (κ2) is 13.9. The molecule has 0 aliphatic heterocycles. The molecule has 7 rings (SSSR count). The topological polar surface area (TPSA) is 38.7 Å². The first-order valence-corrected chi connectivity index (χ1v) is 17.5. The predicted molar refractivity (Wildman–Crippen MR) is 212 cm³/mol.